The molecule has 0 N–H and O–H groups in total. The quantitative estimate of drug-likeness (QED) is 0.0634. The standard InChI is InChI=1S/C45H90N4O6/c1-16-18-20-28-50-30-25-48(26-31-51-33-35-54-42(8,9)21-19-17-2)27-32-52-34-36-55-44(12,13)23-29-53-43(10,11)22-24-49-37-39(46-47-49)45(14,15)41(6,7)38-40(3,4)5/h37H,16-36,38H2,1-15H3. The van der Waals surface area contributed by atoms with Gasteiger partial charge in [0.15, 0.2) is 0 Å². The molecule has 0 saturated carbocycles. The minimum Gasteiger partial charge on any atom is -0.380 e. The third-order valence-corrected chi connectivity index (χ3v) is 11.1. The monoisotopic (exact) mass is 783 g/mol. The van der Waals surface area contributed by atoms with Crippen LogP contribution in [0.25, 0.3) is 0 Å². The van der Waals surface area contributed by atoms with Crippen LogP contribution in [0.2, 0.25) is 0 Å². The Morgan fingerprint density at radius 2 is 1.04 bits per heavy atom. The summed E-state index contributed by atoms with van der Waals surface area (Å²) in [6, 6.07) is 0. The predicted octanol–water partition coefficient (Wildman–Crippen LogP) is 9.92. The molecule has 0 unspecified atom stereocenters. The number of ether oxygens (including phenoxy) is 6. The van der Waals surface area contributed by atoms with E-state index in [1.807, 2.05) is 4.68 Å². The highest BCUT2D eigenvalue weighted by Crippen LogP contribution is 2.47. The third kappa shape index (κ3) is 23.8. The van der Waals surface area contributed by atoms with Crippen LogP contribution in [0.1, 0.15) is 167 Å². The van der Waals surface area contributed by atoms with E-state index < -0.39 is 0 Å². The minimum atomic E-state index is -0.306. The Morgan fingerprint density at radius 1 is 0.545 bits per heavy atom. The van der Waals surface area contributed by atoms with Gasteiger partial charge in [0.1, 0.15) is 0 Å². The van der Waals surface area contributed by atoms with Crippen LogP contribution in [0.4, 0.5) is 0 Å². The van der Waals surface area contributed by atoms with Crippen molar-refractivity contribution in [1.82, 2.24) is 19.9 Å². The van der Waals surface area contributed by atoms with Gasteiger partial charge in [-0.25, -0.2) is 0 Å². The highest BCUT2D eigenvalue weighted by atomic mass is 16.5. The fourth-order valence-corrected chi connectivity index (χ4v) is 6.79. The van der Waals surface area contributed by atoms with E-state index in [4.69, 9.17) is 28.4 Å². The molecule has 0 spiro atoms. The molecule has 326 valence electrons. The van der Waals surface area contributed by atoms with Gasteiger partial charge in [-0.05, 0) is 84.5 Å². The molecule has 1 rings (SSSR count). The Kier molecular flexibility index (Phi) is 23.9. The zero-order valence-corrected chi connectivity index (χ0v) is 38.9. The maximum absolute atomic E-state index is 6.38. The van der Waals surface area contributed by atoms with Crippen LogP contribution in [0.15, 0.2) is 6.20 Å². The van der Waals surface area contributed by atoms with Crippen molar-refractivity contribution in [3.8, 4) is 0 Å². The zero-order chi connectivity index (χ0) is 41.7. The van der Waals surface area contributed by atoms with Crippen LogP contribution >= 0.6 is 0 Å². The van der Waals surface area contributed by atoms with Crippen LogP contribution in [0, 0.1) is 10.8 Å². The molecule has 1 heterocycles. The molecule has 0 atom stereocenters. The van der Waals surface area contributed by atoms with Crippen LogP contribution in [0.5, 0.6) is 0 Å². The van der Waals surface area contributed by atoms with Gasteiger partial charge in [-0.3, -0.25) is 9.58 Å². The van der Waals surface area contributed by atoms with Crippen molar-refractivity contribution in [3.63, 3.8) is 0 Å². The summed E-state index contributed by atoms with van der Waals surface area (Å²) >= 11 is 0. The maximum Gasteiger partial charge on any atom is 0.0888 e. The molecule has 1 aromatic heterocycles. The lowest BCUT2D eigenvalue weighted by Gasteiger charge is -2.44. The van der Waals surface area contributed by atoms with Crippen LogP contribution in [-0.2, 0) is 40.4 Å². The van der Waals surface area contributed by atoms with Gasteiger partial charge in [0, 0.05) is 44.4 Å². The Balaban J connectivity index is 2.41. The first-order valence-electron chi connectivity index (χ1n) is 21.8. The van der Waals surface area contributed by atoms with E-state index in [2.05, 4.69) is 125 Å². The summed E-state index contributed by atoms with van der Waals surface area (Å²) in [6.07, 6.45) is 11.9. The summed E-state index contributed by atoms with van der Waals surface area (Å²) in [7, 11) is 0. The summed E-state index contributed by atoms with van der Waals surface area (Å²) in [5.41, 5.74) is 0.593. The summed E-state index contributed by atoms with van der Waals surface area (Å²) in [5, 5.41) is 9.12. The zero-order valence-electron chi connectivity index (χ0n) is 38.9. The van der Waals surface area contributed by atoms with Gasteiger partial charge in [0.05, 0.1) is 75.4 Å². The Labute approximate surface area is 339 Å². The summed E-state index contributed by atoms with van der Waals surface area (Å²) in [6.45, 7) is 42.7. The average molecular weight is 783 g/mol. The van der Waals surface area contributed by atoms with Crippen LogP contribution < -0.4 is 0 Å². The maximum atomic E-state index is 6.38. The van der Waals surface area contributed by atoms with E-state index in [1.165, 1.54) is 25.7 Å². The topological polar surface area (TPSA) is 89.3 Å². The number of unbranched alkanes of at least 4 members (excludes halogenated alkanes) is 3. The van der Waals surface area contributed by atoms with Gasteiger partial charge < -0.3 is 28.4 Å². The lowest BCUT2D eigenvalue weighted by molar-refractivity contribution is -0.0863. The first kappa shape index (κ1) is 51.9. The fraction of sp³-hybridized carbons (Fsp3) is 0.956. The van der Waals surface area contributed by atoms with Crippen molar-refractivity contribution in [2.24, 2.45) is 10.8 Å². The molecule has 0 aliphatic rings. The van der Waals surface area contributed by atoms with Gasteiger partial charge in [-0.1, -0.05) is 93.2 Å². The molecule has 1 aromatic rings. The van der Waals surface area contributed by atoms with E-state index in [-0.39, 0.29) is 33.0 Å². The van der Waals surface area contributed by atoms with Gasteiger partial charge in [0.25, 0.3) is 0 Å². The first-order valence-corrected chi connectivity index (χ1v) is 21.8. The Morgan fingerprint density at radius 3 is 1.56 bits per heavy atom. The van der Waals surface area contributed by atoms with Crippen molar-refractivity contribution >= 4 is 0 Å². The van der Waals surface area contributed by atoms with E-state index in [9.17, 15) is 0 Å². The number of hydrogen-bond donors (Lipinski definition) is 0. The predicted molar refractivity (Wildman–Crippen MR) is 228 cm³/mol. The third-order valence-electron chi connectivity index (χ3n) is 11.1. The number of aryl methyl sites for hydroxylation is 1. The van der Waals surface area contributed by atoms with Gasteiger partial charge >= 0.3 is 0 Å². The van der Waals surface area contributed by atoms with Crippen LogP contribution in [0.3, 0.4) is 0 Å². The van der Waals surface area contributed by atoms with E-state index >= 15 is 0 Å². The molecule has 0 radical (unpaired) electrons. The molecule has 0 aliphatic heterocycles. The van der Waals surface area contributed by atoms with Crippen molar-refractivity contribution < 1.29 is 28.4 Å². The molecule has 0 amide bonds. The van der Waals surface area contributed by atoms with Crippen molar-refractivity contribution in [2.75, 3.05) is 79.1 Å². The van der Waals surface area contributed by atoms with Gasteiger partial charge in [-0.2, -0.15) is 0 Å². The smallest absolute Gasteiger partial charge is 0.0888 e. The molecular weight excluding hydrogens is 693 g/mol. The highest BCUT2D eigenvalue weighted by molar-refractivity contribution is 5.15. The Bertz CT molecular complexity index is 1110. The van der Waals surface area contributed by atoms with E-state index in [0.717, 1.165) is 77.2 Å². The molecule has 0 aromatic carbocycles. The number of nitrogens with zero attached hydrogens (tertiary/aromatic N) is 4. The lowest BCUT2D eigenvalue weighted by Crippen LogP contribution is -2.39. The molecule has 0 saturated heterocycles. The highest BCUT2D eigenvalue weighted by Gasteiger charge is 2.42. The first-order chi connectivity index (χ1) is 25.5. The van der Waals surface area contributed by atoms with Crippen LogP contribution in [-0.4, -0.2) is 116 Å². The second-order valence-corrected chi connectivity index (χ2v) is 19.9. The molecule has 0 aliphatic carbocycles. The van der Waals surface area contributed by atoms with E-state index in [0.29, 0.717) is 46.2 Å². The summed E-state index contributed by atoms with van der Waals surface area (Å²) in [4.78, 5) is 2.37. The Hall–Kier alpha value is -1.14. The summed E-state index contributed by atoms with van der Waals surface area (Å²) < 4.78 is 38.5. The molecule has 0 bridgehead atoms. The number of aromatic nitrogens is 3. The molecular formula is C45H90N4O6. The SMILES string of the molecule is CCCCCOCCN(CCOCCOC(C)(C)CCCC)CCOCCOC(C)(C)CCOC(C)(C)CCn1cc(C(C)(C)C(C)(C)CC(C)(C)C)nn1. The summed E-state index contributed by atoms with van der Waals surface area (Å²) in [5.74, 6) is 0. The average Bonchev–Trinajstić information content (AvgIpc) is 3.56. The number of rotatable bonds is 34. The second-order valence-electron chi connectivity index (χ2n) is 19.9. The molecule has 10 heteroatoms. The van der Waals surface area contributed by atoms with Gasteiger partial charge in [-0.15, -0.1) is 5.10 Å². The van der Waals surface area contributed by atoms with E-state index in [1.54, 1.807) is 0 Å². The second kappa shape index (κ2) is 25.4. The molecule has 10 nitrogen and oxygen atoms in total. The van der Waals surface area contributed by atoms with Crippen molar-refractivity contribution in [2.45, 2.75) is 190 Å². The van der Waals surface area contributed by atoms with Gasteiger partial charge in [0.2, 0.25) is 0 Å². The molecule has 0 fully saturated rings. The largest absolute Gasteiger partial charge is 0.380 e. The lowest BCUT2D eigenvalue weighted by atomic mass is 9.60. The normalized spacial score (nSPS) is 13.7. The molecule has 55 heavy (non-hydrogen) atoms. The van der Waals surface area contributed by atoms with Crippen molar-refractivity contribution in [3.05, 3.63) is 11.9 Å². The van der Waals surface area contributed by atoms with Crippen molar-refractivity contribution in [1.29, 1.82) is 0 Å². The number of hydrogen-bond acceptors (Lipinski definition) is 9. The minimum absolute atomic E-state index is 0.0799. The fourth-order valence-electron chi connectivity index (χ4n) is 6.79.